The molecule has 3 heterocycles. The van der Waals surface area contributed by atoms with Gasteiger partial charge in [0.15, 0.2) is 5.82 Å². The van der Waals surface area contributed by atoms with Crippen molar-refractivity contribution in [1.29, 1.82) is 5.26 Å². The SMILES string of the molecule is CC1(C)OB(c2cccc(-c3c4ccc5ccccc5c4nc4c3ccc3ccccc34)c2)OC1(C)C.N#Cc1cccc(-c2cc(Cl)nc(-c3ccccc3)n2)c1. The maximum absolute atomic E-state index is 8.99. The Morgan fingerprint density at radius 3 is 1.74 bits per heavy atom. The Morgan fingerprint density at radius 2 is 1.10 bits per heavy atom. The fourth-order valence-corrected chi connectivity index (χ4v) is 7.76. The van der Waals surface area contributed by atoms with E-state index in [0.717, 1.165) is 54.7 Å². The first kappa shape index (κ1) is 37.2. The molecule has 10 rings (SSSR count). The summed E-state index contributed by atoms with van der Waals surface area (Å²) in [5, 5.41) is 16.4. The van der Waals surface area contributed by atoms with E-state index in [9.17, 15) is 0 Å². The van der Waals surface area contributed by atoms with Gasteiger partial charge < -0.3 is 9.31 Å². The van der Waals surface area contributed by atoms with Gasteiger partial charge in [-0.2, -0.15) is 5.26 Å². The van der Waals surface area contributed by atoms with Crippen molar-refractivity contribution >= 4 is 67.5 Å². The fraction of sp³-hybridized carbons (Fsp3) is 0.120. The lowest BCUT2D eigenvalue weighted by molar-refractivity contribution is 0.00578. The van der Waals surface area contributed by atoms with Crippen molar-refractivity contribution < 1.29 is 9.31 Å². The van der Waals surface area contributed by atoms with Gasteiger partial charge in [-0.3, -0.25) is 0 Å². The van der Waals surface area contributed by atoms with E-state index in [0.29, 0.717) is 22.2 Å². The molecule has 1 aliphatic rings. The van der Waals surface area contributed by atoms with Crippen LogP contribution in [0.5, 0.6) is 0 Å². The molecule has 9 aromatic rings. The number of pyridine rings is 1. The van der Waals surface area contributed by atoms with E-state index in [1.54, 1.807) is 18.2 Å². The fourth-order valence-electron chi connectivity index (χ4n) is 7.57. The highest BCUT2D eigenvalue weighted by molar-refractivity contribution is 6.62. The van der Waals surface area contributed by atoms with Gasteiger partial charge in [-0.15, -0.1) is 0 Å². The summed E-state index contributed by atoms with van der Waals surface area (Å²) >= 11 is 6.11. The Hall–Kier alpha value is -6.43. The molecule has 1 saturated heterocycles. The standard InChI is InChI=1S/C33H28BNO2.C17H10ClN3/c1-32(2)33(3,4)37-34(36-32)24-13-9-12-23(20-24)29-27-18-16-21-10-5-7-14-25(21)30(27)35-31-26-15-8-6-11-22(26)17-19-28(29)31;18-16-10-15(14-8-4-5-12(9-14)11-19)20-17(21-16)13-6-2-1-3-7-13/h5-20H,1-4H3;1-10H. The van der Waals surface area contributed by atoms with Gasteiger partial charge in [0.1, 0.15) is 5.15 Å². The molecule has 0 N–H and O–H groups in total. The van der Waals surface area contributed by atoms with Gasteiger partial charge >= 0.3 is 7.12 Å². The van der Waals surface area contributed by atoms with Gasteiger partial charge in [-0.05, 0) is 61.6 Å². The minimum Gasteiger partial charge on any atom is -0.399 e. The molecule has 0 unspecified atom stereocenters. The zero-order valence-corrected chi connectivity index (χ0v) is 33.3. The van der Waals surface area contributed by atoms with Gasteiger partial charge in [-0.25, -0.2) is 15.0 Å². The Bertz CT molecular complexity index is 2960. The number of hydrogen-bond acceptors (Lipinski definition) is 6. The predicted octanol–water partition coefficient (Wildman–Crippen LogP) is 12.0. The van der Waals surface area contributed by atoms with E-state index < -0.39 is 7.12 Å². The zero-order valence-electron chi connectivity index (χ0n) is 32.6. The van der Waals surface area contributed by atoms with Crippen molar-refractivity contribution in [2.45, 2.75) is 38.9 Å². The third kappa shape index (κ3) is 6.86. The van der Waals surface area contributed by atoms with E-state index in [1.165, 1.54) is 16.3 Å². The second-order valence-corrected chi connectivity index (χ2v) is 15.9. The van der Waals surface area contributed by atoms with Crippen LogP contribution in [0.3, 0.4) is 0 Å². The molecule has 8 heteroatoms. The van der Waals surface area contributed by atoms with Crippen LogP contribution in [0.4, 0.5) is 0 Å². The van der Waals surface area contributed by atoms with E-state index in [2.05, 4.69) is 141 Å². The van der Waals surface area contributed by atoms with Crippen LogP contribution < -0.4 is 5.46 Å². The van der Waals surface area contributed by atoms with Gasteiger partial charge in [-0.1, -0.05) is 151 Å². The molecule has 2 aromatic heterocycles. The topological polar surface area (TPSA) is 80.9 Å². The van der Waals surface area contributed by atoms with Crippen molar-refractivity contribution in [3.05, 3.63) is 168 Å². The minimum atomic E-state index is -0.411. The molecule has 0 atom stereocenters. The van der Waals surface area contributed by atoms with Crippen molar-refractivity contribution in [2.75, 3.05) is 0 Å². The molecule has 7 aromatic carbocycles. The summed E-state index contributed by atoms with van der Waals surface area (Å²) in [6.07, 6.45) is 0. The van der Waals surface area contributed by atoms with Gasteiger partial charge in [0.25, 0.3) is 0 Å². The average Bonchev–Trinajstić information content (AvgIpc) is 3.48. The molecular formula is C50H38BClN4O2. The highest BCUT2D eigenvalue weighted by Crippen LogP contribution is 2.41. The molecule has 0 aliphatic carbocycles. The zero-order chi connectivity index (χ0) is 40.0. The van der Waals surface area contributed by atoms with Crippen LogP contribution in [-0.4, -0.2) is 33.3 Å². The molecule has 280 valence electrons. The Kier molecular flexibility index (Phi) is 9.50. The normalized spacial score (nSPS) is 14.4. The molecule has 0 bridgehead atoms. The molecule has 58 heavy (non-hydrogen) atoms. The minimum absolute atomic E-state index is 0.376. The summed E-state index contributed by atoms with van der Waals surface area (Å²) in [5.74, 6) is 0.570. The number of nitrogens with zero attached hydrogens (tertiary/aromatic N) is 4. The molecule has 6 nitrogen and oxygen atoms in total. The second kappa shape index (κ2) is 14.8. The average molecular weight is 773 g/mol. The highest BCUT2D eigenvalue weighted by atomic mass is 35.5. The van der Waals surface area contributed by atoms with Crippen molar-refractivity contribution in [3.8, 4) is 39.8 Å². The van der Waals surface area contributed by atoms with E-state index in [-0.39, 0.29) is 11.2 Å². The van der Waals surface area contributed by atoms with E-state index in [4.69, 9.17) is 31.2 Å². The Labute approximate surface area is 342 Å². The summed E-state index contributed by atoms with van der Waals surface area (Å²) in [4.78, 5) is 14.1. The number of fused-ring (bicyclic) bond motifs is 6. The first-order chi connectivity index (χ1) is 28.1. The third-order valence-corrected chi connectivity index (χ3v) is 11.5. The monoisotopic (exact) mass is 772 g/mol. The number of nitriles is 1. The quantitative estimate of drug-likeness (QED) is 0.0767. The smallest absolute Gasteiger partial charge is 0.399 e. The molecule has 0 spiro atoms. The number of hydrogen-bond donors (Lipinski definition) is 0. The predicted molar refractivity (Wildman–Crippen MR) is 238 cm³/mol. The van der Waals surface area contributed by atoms with Crippen LogP contribution in [0.15, 0.2) is 158 Å². The highest BCUT2D eigenvalue weighted by Gasteiger charge is 2.51. The maximum Gasteiger partial charge on any atom is 0.494 e. The van der Waals surface area contributed by atoms with Gasteiger partial charge in [0.05, 0.1) is 39.6 Å². The number of aromatic nitrogens is 3. The van der Waals surface area contributed by atoms with Crippen LogP contribution in [0, 0.1) is 11.3 Å². The number of benzene rings is 7. The largest absolute Gasteiger partial charge is 0.494 e. The molecule has 0 saturated carbocycles. The van der Waals surface area contributed by atoms with Crippen molar-refractivity contribution in [2.24, 2.45) is 0 Å². The van der Waals surface area contributed by atoms with Crippen LogP contribution in [0.2, 0.25) is 5.15 Å². The molecule has 1 aliphatic heterocycles. The molecule has 0 radical (unpaired) electrons. The lowest BCUT2D eigenvalue weighted by Crippen LogP contribution is -2.41. The Balaban J connectivity index is 0.000000176. The van der Waals surface area contributed by atoms with E-state index >= 15 is 0 Å². The second-order valence-electron chi connectivity index (χ2n) is 15.5. The van der Waals surface area contributed by atoms with Gasteiger partial charge in [0, 0.05) is 44.3 Å². The van der Waals surface area contributed by atoms with Crippen LogP contribution >= 0.6 is 11.6 Å². The lowest BCUT2D eigenvalue weighted by Gasteiger charge is -2.32. The first-order valence-electron chi connectivity index (χ1n) is 19.3. The summed E-state index contributed by atoms with van der Waals surface area (Å²) in [6, 6.07) is 55.2. The van der Waals surface area contributed by atoms with Crippen molar-refractivity contribution in [1.82, 2.24) is 15.0 Å². The lowest BCUT2D eigenvalue weighted by atomic mass is 9.77. The summed E-state index contributed by atoms with van der Waals surface area (Å²) in [7, 11) is -0.411. The molecule has 0 amide bonds. The molecular weight excluding hydrogens is 735 g/mol. The van der Waals surface area contributed by atoms with Crippen molar-refractivity contribution in [3.63, 3.8) is 0 Å². The summed E-state index contributed by atoms with van der Waals surface area (Å²) in [5.41, 5.74) is 7.66. The summed E-state index contributed by atoms with van der Waals surface area (Å²) in [6.45, 7) is 8.38. The summed E-state index contributed by atoms with van der Waals surface area (Å²) < 4.78 is 12.8. The van der Waals surface area contributed by atoms with E-state index in [1.807, 2.05) is 42.5 Å². The number of rotatable bonds is 4. The van der Waals surface area contributed by atoms with Crippen LogP contribution in [0.1, 0.15) is 33.3 Å². The Morgan fingerprint density at radius 1 is 0.534 bits per heavy atom. The first-order valence-corrected chi connectivity index (χ1v) is 19.7. The molecule has 1 fully saturated rings. The number of halogens is 1. The van der Waals surface area contributed by atoms with Gasteiger partial charge in [0.2, 0.25) is 0 Å². The third-order valence-electron chi connectivity index (χ3n) is 11.3. The van der Waals surface area contributed by atoms with Crippen LogP contribution in [-0.2, 0) is 9.31 Å². The maximum atomic E-state index is 8.99. The van der Waals surface area contributed by atoms with Crippen LogP contribution in [0.25, 0.3) is 77.1 Å².